The van der Waals surface area contributed by atoms with E-state index in [1.807, 2.05) is 12.1 Å². The van der Waals surface area contributed by atoms with Crippen molar-refractivity contribution in [2.45, 2.75) is 32.2 Å². The van der Waals surface area contributed by atoms with E-state index in [1.165, 1.54) is 25.8 Å². The van der Waals surface area contributed by atoms with Crippen molar-refractivity contribution in [3.8, 4) is 5.88 Å². The molecule has 6 heteroatoms. The fourth-order valence-corrected chi connectivity index (χ4v) is 3.47. The van der Waals surface area contributed by atoms with Gasteiger partial charge in [0.1, 0.15) is 5.82 Å². The van der Waals surface area contributed by atoms with Gasteiger partial charge in [0.05, 0.1) is 12.8 Å². The zero-order valence-corrected chi connectivity index (χ0v) is 13.7. The summed E-state index contributed by atoms with van der Waals surface area (Å²) in [5, 5.41) is 5.09. The molecule has 2 saturated heterocycles. The highest BCUT2D eigenvalue weighted by molar-refractivity contribution is 5.54. The molecule has 0 saturated carbocycles. The third-order valence-corrected chi connectivity index (χ3v) is 4.78. The van der Waals surface area contributed by atoms with Gasteiger partial charge in [0.25, 0.3) is 0 Å². The Kier molecular flexibility index (Phi) is 4.69. The Bertz CT molecular complexity index is 501. The molecule has 0 radical (unpaired) electrons. The van der Waals surface area contributed by atoms with Crippen LogP contribution >= 0.6 is 0 Å². The van der Waals surface area contributed by atoms with Crippen LogP contribution in [0.3, 0.4) is 0 Å². The quantitative estimate of drug-likeness (QED) is 0.915. The zero-order chi connectivity index (χ0) is 15.5. The molecule has 0 bridgehead atoms. The topological polar surface area (TPSA) is 57.9 Å². The Labute approximate surface area is 132 Å². The van der Waals surface area contributed by atoms with Crippen LogP contribution < -0.4 is 15.4 Å². The maximum atomic E-state index is 5.84. The number of aromatic nitrogens is 1. The van der Waals surface area contributed by atoms with Crippen LogP contribution in [0.5, 0.6) is 5.88 Å². The van der Waals surface area contributed by atoms with Crippen molar-refractivity contribution in [1.29, 1.82) is 0 Å². The van der Waals surface area contributed by atoms with Crippen LogP contribution in [0.15, 0.2) is 12.1 Å². The summed E-state index contributed by atoms with van der Waals surface area (Å²) in [4.78, 5) is 6.83. The number of nitrogens with two attached hydrogens (primary N) is 1. The number of pyridine rings is 1. The van der Waals surface area contributed by atoms with E-state index in [0.29, 0.717) is 17.6 Å². The van der Waals surface area contributed by atoms with Gasteiger partial charge < -0.3 is 15.4 Å². The second-order valence-corrected chi connectivity index (χ2v) is 6.22. The second-order valence-electron chi connectivity index (χ2n) is 6.22. The van der Waals surface area contributed by atoms with Crippen LogP contribution in [-0.2, 0) is 0 Å². The molecule has 1 aromatic heterocycles. The van der Waals surface area contributed by atoms with Gasteiger partial charge in [-0.1, -0.05) is 6.42 Å². The number of anilines is 2. The smallest absolute Gasteiger partial charge is 0.238 e. The van der Waals surface area contributed by atoms with Crippen molar-refractivity contribution < 1.29 is 4.74 Å². The molecular weight excluding hydrogens is 278 g/mol. The Balaban J connectivity index is 1.61. The summed E-state index contributed by atoms with van der Waals surface area (Å²) in [6.45, 7) is 7.64. The molecule has 0 amide bonds. The molecule has 2 aliphatic rings. The first-order chi connectivity index (χ1) is 10.7. The molecule has 1 atom stereocenters. The average Bonchev–Trinajstić information content (AvgIpc) is 2.56. The normalized spacial score (nSPS) is 24.5. The molecule has 0 aromatic carbocycles. The van der Waals surface area contributed by atoms with E-state index in [-0.39, 0.29) is 0 Å². The minimum absolute atomic E-state index is 0.518. The second kappa shape index (κ2) is 6.71. The summed E-state index contributed by atoms with van der Waals surface area (Å²) in [7, 11) is 1.61. The lowest BCUT2D eigenvalue weighted by molar-refractivity contribution is -0.0753. The van der Waals surface area contributed by atoms with Crippen LogP contribution in [0.1, 0.15) is 26.2 Å². The number of hydrogen-bond acceptors (Lipinski definition) is 6. The molecule has 6 nitrogen and oxygen atoms in total. The van der Waals surface area contributed by atoms with Crippen molar-refractivity contribution in [3.63, 3.8) is 0 Å². The number of nitrogens with zero attached hydrogens (tertiary/aromatic N) is 4. The molecule has 22 heavy (non-hydrogen) atoms. The number of methoxy groups -OCH3 is 1. The van der Waals surface area contributed by atoms with Gasteiger partial charge in [-0.25, -0.2) is 10.0 Å². The van der Waals surface area contributed by atoms with E-state index in [0.717, 1.165) is 32.0 Å². The van der Waals surface area contributed by atoms with E-state index in [2.05, 4.69) is 26.8 Å². The highest BCUT2D eigenvalue weighted by Gasteiger charge is 2.27. The van der Waals surface area contributed by atoms with Gasteiger partial charge in [-0.3, -0.25) is 0 Å². The van der Waals surface area contributed by atoms with Crippen LogP contribution in [-0.4, -0.2) is 60.9 Å². The zero-order valence-electron chi connectivity index (χ0n) is 13.7. The summed E-state index contributed by atoms with van der Waals surface area (Å²) in [6, 6.07) is 4.53. The molecule has 1 aromatic rings. The highest BCUT2D eigenvalue weighted by Crippen LogP contribution is 2.25. The Hall–Kier alpha value is -1.53. The summed E-state index contributed by atoms with van der Waals surface area (Å²) in [6.07, 6.45) is 4.00. The molecule has 2 aliphatic heterocycles. The van der Waals surface area contributed by atoms with Crippen LogP contribution in [0.4, 0.5) is 11.5 Å². The first kappa shape index (κ1) is 15.4. The molecule has 1 unspecified atom stereocenters. The maximum absolute atomic E-state index is 5.84. The van der Waals surface area contributed by atoms with Crippen LogP contribution in [0.2, 0.25) is 0 Å². The third kappa shape index (κ3) is 3.13. The molecule has 3 rings (SSSR count). The van der Waals surface area contributed by atoms with E-state index < -0.39 is 0 Å². The highest BCUT2D eigenvalue weighted by atomic mass is 16.5. The predicted molar refractivity (Wildman–Crippen MR) is 89.0 cm³/mol. The van der Waals surface area contributed by atoms with Crippen molar-refractivity contribution >= 4 is 11.5 Å². The van der Waals surface area contributed by atoms with Crippen LogP contribution in [0.25, 0.3) is 0 Å². The first-order valence-corrected chi connectivity index (χ1v) is 8.26. The van der Waals surface area contributed by atoms with E-state index in [9.17, 15) is 0 Å². The van der Waals surface area contributed by atoms with Crippen molar-refractivity contribution in [2.75, 3.05) is 50.5 Å². The predicted octanol–water partition coefficient (Wildman–Crippen LogP) is 1.58. The summed E-state index contributed by atoms with van der Waals surface area (Å²) in [5.41, 5.74) is 6.43. The first-order valence-electron chi connectivity index (χ1n) is 8.26. The SMILES string of the molecule is COc1nc(N2CCN(N3CCCCC3C)CC2)ccc1N. The number of hydrogen-bond donors (Lipinski definition) is 1. The van der Waals surface area contributed by atoms with E-state index in [4.69, 9.17) is 10.5 Å². The van der Waals surface area contributed by atoms with Gasteiger partial charge in [-0.2, -0.15) is 4.98 Å². The van der Waals surface area contributed by atoms with Crippen molar-refractivity contribution in [2.24, 2.45) is 0 Å². The minimum Gasteiger partial charge on any atom is -0.479 e. The third-order valence-electron chi connectivity index (χ3n) is 4.78. The maximum Gasteiger partial charge on any atom is 0.238 e. The van der Waals surface area contributed by atoms with E-state index >= 15 is 0 Å². The molecule has 122 valence electrons. The Morgan fingerprint density at radius 1 is 1.14 bits per heavy atom. The number of piperazine rings is 1. The lowest BCUT2D eigenvalue weighted by atomic mass is 10.1. The molecule has 2 N–H and O–H groups in total. The Morgan fingerprint density at radius 3 is 2.59 bits per heavy atom. The summed E-state index contributed by atoms with van der Waals surface area (Å²) in [5.74, 6) is 1.47. The largest absolute Gasteiger partial charge is 0.479 e. The standard InChI is InChI=1S/C16H27N5O/c1-13-5-3-4-8-21(13)20-11-9-19(10-12-20)15-7-6-14(17)16(18-15)22-2/h6-7,13H,3-5,8-12,17H2,1-2H3. The molecule has 0 spiro atoms. The van der Waals surface area contributed by atoms with E-state index in [1.54, 1.807) is 7.11 Å². The molecule has 0 aliphatic carbocycles. The fraction of sp³-hybridized carbons (Fsp3) is 0.688. The lowest BCUT2D eigenvalue weighted by Crippen LogP contribution is -2.57. The number of rotatable bonds is 3. The molecule has 2 fully saturated rings. The van der Waals surface area contributed by atoms with Gasteiger partial charge >= 0.3 is 0 Å². The van der Waals surface area contributed by atoms with Crippen molar-refractivity contribution in [3.05, 3.63) is 12.1 Å². The summed E-state index contributed by atoms with van der Waals surface area (Å²) < 4.78 is 5.23. The molecular formula is C16H27N5O. The summed E-state index contributed by atoms with van der Waals surface area (Å²) >= 11 is 0. The number of hydrazine groups is 1. The van der Waals surface area contributed by atoms with Crippen LogP contribution in [0, 0.1) is 0 Å². The lowest BCUT2D eigenvalue weighted by Gasteiger charge is -2.46. The number of nitrogen functional groups attached to an aromatic ring is 1. The number of piperidine rings is 1. The van der Waals surface area contributed by atoms with Gasteiger partial charge in [-0.05, 0) is 31.9 Å². The van der Waals surface area contributed by atoms with Gasteiger partial charge in [0, 0.05) is 38.8 Å². The van der Waals surface area contributed by atoms with Crippen molar-refractivity contribution in [1.82, 2.24) is 15.0 Å². The minimum atomic E-state index is 0.518. The van der Waals surface area contributed by atoms with Gasteiger partial charge in [0.15, 0.2) is 0 Å². The fourth-order valence-electron chi connectivity index (χ4n) is 3.47. The monoisotopic (exact) mass is 305 g/mol. The Morgan fingerprint density at radius 2 is 1.91 bits per heavy atom. The number of ether oxygens (including phenoxy) is 1. The van der Waals surface area contributed by atoms with Gasteiger partial charge in [0.2, 0.25) is 5.88 Å². The average molecular weight is 305 g/mol. The van der Waals surface area contributed by atoms with Gasteiger partial charge in [-0.15, -0.1) is 0 Å². The molecule has 3 heterocycles.